The van der Waals surface area contributed by atoms with Crippen molar-refractivity contribution in [1.82, 2.24) is 4.90 Å². The Labute approximate surface area is 306 Å². The molecular weight excluding hydrogens is 672 g/mol. The molecule has 5 unspecified atom stereocenters. The molecule has 5 aliphatic rings. The molecule has 5 aliphatic heterocycles. The fraction of sp³-hybridized carbons (Fsp3) is 0.191. The predicted molar refractivity (Wildman–Crippen MR) is 216 cm³/mol. The Hall–Kier alpha value is -4.52. The fourth-order valence-electron chi connectivity index (χ4n) is 11.0. The summed E-state index contributed by atoms with van der Waals surface area (Å²) in [6, 6.07) is 52.3. The van der Waals surface area contributed by atoms with Gasteiger partial charge >= 0.3 is 0 Å². The Morgan fingerprint density at radius 3 is 1.54 bits per heavy atom. The number of fused-ring (bicyclic) bond motifs is 8. The molecule has 4 bridgehead atoms. The number of hydrogen-bond acceptors (Lipinski definition) is 3. The van der Waals surface area contributed by atoms with Crippen LogP contribution in [-0.4, -0.2) is 29.0 Å². The molecule has 0 aliphatic carbocycles. The Kier molecular flexibility index (Phi) is 6.80. The van der Waals surface area contributed by atoms with Gasteiger partial charge in [0.15, 0.2) is 0 Å². The first kappa shape index (κ1) is 32.2. The van der Waals surface area contributed by atoms with E-state index in [9.17, 15) is 0 Å². The van der Waals surface area contributed by atoms with Crippen LogP contribution in [0.25, 0.3) is 21.8 Å². The number of nitrogens with zero attached hydrogens (tertiary/aromatic N) is 1. The summed E-state index contributed by atoms with van der Waals surface area (Å²) in [6.07, 6.45) is 1.00. The maximum absolute atomic E-state index is 17.2. The van der Waals surface area contributed by atoms with E-state index in [-0.39, 0.29) is 0 Å². The molecule has 52 heavy (non-hydrogen) atoms. The molecule has 5 heteroatoms. The van der Waals surface area contributed by atoms with Crippen molar-refractivity contribution in [2.75, 3.05) is 18.9 Å². The monoisotopic (exact) mass is 713 g/mol. The first-order valence-corrected chi connectivity index (χ1v) is 22.1. The van der Waals surface area contributed by atoms with Crippen molar-refractivity contribution in [2.45, 2.75) is 25.7 Å². The van der Waals surface area contributed by atoms with Crippen LogP contribution >= 0.6 is 14.3 Å². The van der Waals surface area contributed by atoms with E-state index in [1.807, 2.05) is 30.3 Å². The van der Waals surface area contributed by atoms with Crippen LogP contribution in [0, 0.1) is 10.8 Å². The molecular formula is C47H41NO2P2. The average Bonchev–Trinajstić information content (AvgIpc) is 3.85. The summed E-state index contributed by atoms with van der Waals surface area (Å²) in [5.74, 6) is 0. The van der Waals surface area contributed by atoms with Gasteiger partial charge in [0.1, 0.15) is 19.6 Å². The molecule has 0 amide bonds. The van der Waals surface area contributed by atoms with Crippen molar-refractivity contribution in [3.05, 3.63) is 203 Å². The molecule has 3 nitrogen and oxygen atoms in total. The van der Waals surface area contributed by atoms with Crippen LogP contribution in [0.1, 0.15) is 41.7 Å². The van der Waals surface area contributed by atoms with Crippen LogP contribution in [0.4, 0.5) is 0 Å². The van der Waals surface area contributed by atoms with E-state index in [4.69, 9.17) is 6.58 Å². The lowest BCUT2D eigenvalue weighted by atomic mass is 9.70. The molecule has 5 aromatic rings. The summed E-state index contributed by atoms with van der Waals surface area (Å²) in [7, 11) is -6.80. The summed E-state index contributed by atoms with van der Waals surface area (Å²) >= 11 is 0. The van der Waals surface area contributed by atoms with Crippen molar-refractivity contribution in [3.8, 4) is 0 Å². The highest BCUT2D eigenvalue weighted by Gasteiger charge is 2.80. The van der Waals surface area contributed by atoms with Crippen LogP contribution in [0.5, 0.6) is 0 Å². The molecule has 0 radical (unpaired) electrons. The third kappa shape index (κ3) is 3.87. The standard InChI is InChI=1S/C47H41NO2P2/c1-33-45(2)32-52(50,43(38-27-17-8-18-28-38)41(45)36-23-13-6-14-24-36)47(33)44-39(30-48(47)29-34-19-9-4-10-20-34)46(3)31-51(44,49)42(37-25-15-7-16-26-37)40(46)35-21-11-5-12-22-35/h4-28H,1,29-32H2,2-3H3. The minimum atomic E-state index is -3.45. The molecule has 5 atom stereocenters. The van der Waals surface area contributed by atoms with Crippen molar-refractivity contribution in [1.29, 1.82) is 0 Å². The van der Waals surface area contributed by atoms with Gasteiger partial charge < -0.3 is 9.13 Å². The third-order valence-electron chi connectivity index (χ3n) is 12.9. The molecule has 256 valence electrons. The zero-order valence-corrected chi connectivity index (χ0v) is 31.4. The number of hydrogen-bond donors (Lipinski definition) is 0. The van der Waals surface area contributed by atoms with Crippen molar-refractivity contribution in [2.24, 2.45) is 10.8 Å². The van der Waals surface area contributed by atoms with Gasteiger partial charge in [0.05, 0.1) is 0 Å². The minimum absolute atomic E-state index is 0.474. The second kappa shape index (κ2) is 11.0. The van der Waals surface area contributed by atoms with Gasteiger partial charge in [0.25, 0.3) is 0 Å². The second-order valence-electron chi connectivity index (χ2n) is 15.7. The zero-order chi connectivity index (χ0) is 35.5. The first-order chi connectivity index (χ1) is 25.2. The minimum Gasteiger partial charge on any atom is -0.316 e. The van der Waals surface area contributed by atoms with Crippen molar-refractivity contribution >= 4 is 36.1 Å². The number of rotatable bonds is 6. The molecule has 0 saturated carbocycles. The summed E-state index contributed by atoms with van der Waals surface area (Å²) in [5, 5.41) is 1.75. The maximum Gasteiger partial charge on any atom is 0.145 e. The lowest BCUT2D eigenvalue weighted by Crippen LogP contribution is -2.48. The van der Waals surface area contributed by atoms with Crippen LogP contribution in [0.3, 0.4) is 0 Å². The fourth-order valence-corrected chi connectivity index (χ4v) is 21.6. The summed E-state index contributed by atoms with van der Waals surface area (Å²) in [6.45, 7) is 10.8. The SMILES string of the molecule is C=C1C2(C)CP(=O)(C(c3ccccc3)=C2c2ccccc2)C12C1=C(CN2Cc2ccccc2)C2(C)CP1(=O)C(c1ccccc1)=C2c1ccccc1. The maximum atomic E-state index is 17.2. The topological polar surface area (TPSA) is 37.4 Å². The highest BCUT2D eigenvalue weighted by atomic mass is 31.2. The molecule has 5 heterocycles. The highest BCUT2D eigenvalue weighted by molar-refractivity contribution is 7.83. The largest absolute Gasteiger partial charge is 0.316 e. The Bertz CT molecular complexity index is 2510. The molecule has 5 aromatic carbocycles. The second-order valence-corrected chi connectivity index (χ2v) is 21.3. The molecule has 1 fully saturated rings. The van der Waals surface area contributed by atoms with E-state index in [0.29, 0.717) is 25.4 Å². The highest BCUT2D eigenvalue weighted by Crippen LogP contribution is 2.97. The smallest absolute Gasteiger partial charge is 0.145 e. The predicted octanol–water partition coefficient (Wildman–Crippen LogP) is 11.9. The summed E-state index contributed by atoms with van der Waals surface area (Å²) in [5.41, 5.74) is 8.69. The van der Waals surface area contributed by atoms with Gasteiger partial charge in [-0.3, -0.25) is 4.90 Å². The van der Waals surface area contributed by atoms with Gasteiger partial charge in [-0.1, -0.05) is 172 Å². The van der Waals surface area contributed by atoms with Crippen LogP contribution in [0.15, 0.2) is 175 Å². The van der Waals surface area contributed by atoms with E-state index in [2.05, 4.69) is 140 Å². The van der Waals surface area contributed by atoms with Gasteiger partial charge in [-0.15, -0.1) is 0 Å². The lowest BCUT2D eigenvalue weighted by molar-refractivity contribution is 0.236. The van der Waals surface area contributed by atoms with E-state index < -0.39 is 30.4 Å². The zero-order valence-electron chi connectivity index (χ0n) is 29.6. The van der Waals surface area contributed by atoms with Crippen molar-refractivity contribution < 1.29 is 9.13 Å². The molecule has 0 aromatic heterocycles. The van der Waals surface area contributed by atoms with Crippen LogP contribution in [0.2, 0.25) is 0 Å². The van der Waals surface area contributed by atoms with E-state index in [1.165, 1.54) is 11.1 Å². The quantitative estimate of drug-likeness (QED) is 0.130. The average molecular weight is 714 g/mol. The molecule has 1 saturated heterocycles. The Morgan fingerprint density at radius 1 is 0.577 bits per heavy atom. The summed E-state index contributed by atoms with van der Waals surface area (Å²) in [4.78, 5) is 2.46. The Morgan fingerprint density at radius 2 is 1.02 bits per heavy atom. The van der Waals surface area contributed by atoms with Crippen LogP contribution < -0.4 is 0 Å². The van der Waals surface area contributed by atoms with Gasteiger partial charge in [-0.05, 0) is 50.1 Å². The third-order valence-corrected chi connectivity index (χ3v) is 20.8. The van der Waals surface area contributed by atoms with Gasteiger partial charge in [0, 0.05) is 52.2 Å². The lowest BCUT2D eigenvalue weighted by Gasteiger charge is -2.49. The normalized spacial score (nSPS) is 31.8. The molecule has 10 rings (SSSR count). The number of allylic oxidation sites excluding steroid dienone is 2. The van der Waals surface area contributed by atoms with E-state index >= 15 is 9.13 Å². The van der Waals surface area contributed by atoms with Gasteiger partial charge in [-0.25, -0.2) is 0 Å². The molecule has 0 N–H and O–H groups in total. The van der Waals surface area contributed by atoms with Gasteiger partial charge in [0.2, 0.25) is 0 Å². The summed E-state index contributed by atoms with van der Waals surface area (Å²) < 4.78 is 34.1. The van der Waals surface area contributed by atoms with E-state index in [0.717, 1.165) is 54.9 Å². The van der Waals surface area contributed by atoms with Gasteiger partial charge in [-0.2, -0.15) is 0 Å². The van der Waals surface area contributed by atoms with Crippen molar-refractivity contribution in [3.63, 3.8) is 0 Å². The molecule has 1 spiro atoms. The van der Waals surface area contributed by atoms with Crippen LogP contribution in [-0.2, 0) is 15.7 Å². The van der Waals surface area contributed by atoms with E-state index in [1.54, 1.807) is 0 Å². The number of benzene rings is 5. The Balaban J connectivity index is 1.30. The first-order valence-electron chi connectivity index (χ1n) is 18.3.